The van der Waals surface area contributed by atoms with Crippen molar-refractivity contribution in [1.82, 2.24) is 4.90 Å². The molecule has 0 aliphatic carbocycles. The number of hydrogen-bond acceptors (Lipinski definition) is 2. The van der Waals surface area contributed by atoms with Crippen LogP contribution in [0, 0.1) is 0 Å². The Morgan fingerprint density at radius 1 is 1.00 bits per heavy atom. The molecule has 0 saturated heterocycles. The molecule has 0 saturated carbocycles. The molecule has 2 atom stereocenters. The van der Waals surface area contributed by atoms with E-state index in [0.29, 0.717) is 0 Å². The Bertz CT molecular complexity index is 339. The monoisotopic (exact) mass is 277 g/mol. The highest BCUT2D eigenvalue weighted by molar-refractivity contribution is 5.18. The lowest BCUT2D eigenvalue weighted by Gasteiger charge is -2.29. The lowest BCUT2D eigenvalue weighted by atomic mass is 10.0. The summed E-state index contributed by atoms with van der Waals surface area (Å²) < 4.78 is 0. The van der Waals surface area contributed by atoms with E-state index in [0.717, 1.165) is 12.1 Å². The van der Waals surface area contributed by atoms with E-state index < -0.39 is 6.10 Å². The van der Waals surface area contributed by atoms with E-state index in [4.69, 9.17) is 0 Å². The van der Waals surface area contributed by atoms with Gasteiger partial charge >= 0.3 is 0 Å². The first-order valence-electron chi connectivity index (χ1n) is 8.10. The van der Waals surface area contributed by atoms with Crippen LogP contribution in [0.1, 0.15) is 64.0 Å². The number of likely N-dealkylation sites (N-methyl/N-ethyl adjacent to an activating group) is 1. The number of benzene rings is 1. The van der Waals surface area contributed by atoms with E-state index in [9.17, 15) is 5.11 Å². The average molecular weight is 277 g/mol. The second-order valence-corrected chi connectivity index (χ2v) is 5.84. The van der Waals surface area contributed by atoms with Crippen molar-refractivity contribution in [2.45, 2.75) is 64.5 Å². The quantitative estimate of drug-likeness (QED) is 0.641. The molecule has 0 aliphatic rings. The van der Waals surface area contributed by atoms with Crippen LogP contribution >= 0.6 is 0 Å². The molecule has 0 heterocycles. The van der Waals surface area contributed by atoms with Crippen molar-refractivity contribution in [2.24, 2.45) is 0 Å². The van der Waals surface area contributed by atoms with Gasteiger partial charge in [0.2, 0.25) is 0 Å². The van der Waals surface area contributed by atoms with Crippen molar-refractivity contribution in [3.8, 4) is 0 Å². The standard InChI is InChI=1S/C18H31NO/c1-4-5-6-7-8-12-15-19(3)16(2)18(20)17-13-10-9-11-14-17/h9-11,13-14,16,18,20H,4-8,12,15H2,1-3H3. The van der Waals surface area contributed by atoms with Crippen molar-refractivity contribution in [3.05, 3.63) is 35.9 Å². The van der Waals surface area contributed by atoms with Gasteiger partial charge in [-0.3, -0.25) is 0 Å². The first-order chi connectivity index (χ1) is 9.66. The molecule has 20 heavy (non-hydrogen) atoms. The number of aliphatic hydroxyl groups excluding tert-OH is 1. The highest BCUT2D eigenvalue weighted by Gasteiger charge is 2.19. The van der Waals surface area contributed by atoms with Crippen LogP contribution in [-0.2, 0) is 0 Å². The molecule has 2 heteroatoms. The minimum atomic E-state index is -0.402. The summed E-state index contributed by atoms with van der Waals surface area (Å²) in [6.45, 7) is 5.42. The number of hydrogen-bond donors (Lipinski definition) is 1. The minimum Gasteiger partial charge on any atom is -0.387 e. The van der Waals surface area contributed by atoms with Crippen LogP contribution in [0.5, 0.6) is 0 Å². The van der Waals surface area contributed by atoms with Gasteiger partial charge in [0.1, 0.15) is 0 Å². The molecule has 0 spiro atoms. The fraction of sp³-hybridized carbons (Fsp3) is 0.667. The molecule has 1 rings (SSSR count). The van der Waals surface area contributed by atoms with Crippen molar-refractivity contribution < 1.29 is 5.11 Å². The molecule has 114 valence electrons. The maximum atomic E-state index is 10.4. The summed E-state index contributed by atoms with van der Waals surface area (Å²) >= 11 is 0. The number of aliphatic hydroxyl groups is 1. The van der Waals surface area contributed by atoms with Gasteiger partial charge < -0.3 is 10.0 Å². The van der Waals surface area contributed by atoms with Crippen LogP contribution in [0.2, 0.25) is 0 Å². The summed E-state index contributed by atoms with van der Waals surface area (Å²) in [5.41, 5.74) is 1.01. The predicted molar refractivity (Wildman–Crippen MR) is 86.9 cm³/mol. The zero-order valence-electron chi connectivity index (χ0n) is 13.4. The first kappa shape index (κ1) is 17.2. The maximum absolute atomic E-state index is 10.4. The van der Waals surface area contributed by atoms with Crippen molar-refractivity contribution in [3.63, 3.8) is 0 Å². The van der Waals surface area contributed by atoms with E-state index >= 15 is 0 Å². The average Bonchev–Trinajstić information content (AvgIpc) is 2.50. The van der Waals surface area contributed by atoms with E-state index in [2.05, 4.69) is 25.8 Å². The van der Waals surface area contributed by atoms with E-state index in [1.54, 1.807) is 0 Å². The molecule has 2 nitrogen and oxygen atoms in total. The Labute approximate surface area is 124 Å². The Balaban J connectivity index is 2.26. The molecule has 0 amide bonds. The molecule has 0 aliphatic heterocycles. The largest absolute Gasteiger partial charge is 0.387 e. The summed E-state index contributed by atoms with van der Waals surface area (Å²) in [6.07, 6.45) is 7.50. The minimum absolute atomic E-state index is 0.160. The van der Waals surface area contributed by atoms with E-state index in [1.165, 1.54) is 38.5 Å². The predicted octanol–water partition coefficient (Wildman–Crippen LogP) is 4.40. The summed E-state index contributed by atoms with van der Waals surface area (Å²) in [5, 5.41) is 10.4. The lowest BCUT2D eigenvalue weighted by molar-refractivity contribution is 0.0716. The molecular weight excluding hydrogens is 246 g/mol. The molecule has 0 radical (unpaired) electrons. The van der Waals surface area contributed by atoms with Gasteiger partial charge in [-0.05, 0) is 32.5 Å². The summed E-state index contributed by atoms with van der Waals surface area (Å²) in [6, 6.07) is 10.1. The molecule has 2 unspecified atom stereocenters. The molecule has 1 N–H and O–H groups in total. The number of unbranched alkanes of at least 4 members (excludes halogenated alkanes) is 5. The van der Waals surface area contributed by atoms with Crippen LogP contribution in [0.4, 0.5) is 0 Å². The summed E-state index contributed by atoms with van der Waals surface area (Å²) in [5.74, 6) is 0. The van der Waals surface area contributed by atoms with Crippen molar-refractivity contribution in [1.29, 1.82) is 0 Å². The Hall–Kier alpha value is -0.860. The Kier molecular flexibility index (Phi) is 8.56. The molecule has 0 bridgehead atoms. The molecular formula is C18H31NO. The maximum Gasteiger partial charge on any atom is 0.0942 e. The fourth-order valence-electron chi connectivity index (χ4n) is 2.51. The van der Waals surface area contributed by atoms with Crippen LogP contribution in [0.25, 0.3) is 0 Å². The second-order valence-electron chi connectivity index (χ2n) is 5.84. The van der Waals surface area contributed by atoms with Crippen LogP contribution in [0.3, 0.4) is 0 Å². The summed E-state index contributed by atoms with van der Waals surface area (Å²) in [4.78, 5) is 2.28. The van der Waals surface area contributed by atoms with Gasteiger partial charge in [0.25, 0.3) is 0 Å². The van der Waals surface area contributed by atoms with Crippen LogP contribution in [-0.4, -0.2) is 29.6 Å². The van der Waals surface area contributed by atoms with Gasteiger partial charge in [0.15, 0.2) is 0 Å². The smallest absolute Gasteiger partial charge is 0.0942 e. The highest BCUT2D eigenvalue weighted by Crippen LogP contribution is 2.20. The van der Waals surface area contributed by atoms with Gasteiger partial charge in [-0.15, -0.1) is 0 Å². The zero-order chi connectivity index (χ0) is 14.8. The van der Waals surface area contributed by atoms with E-state index in [1.807, 2.05) is 30.3 Å². The normalized spacial score (nSPS) is 14.4. The molecule has 0 fully saturated rings. The topological polar surface area (TPSA) is 23.5 Å². The first-order valence-corrected chi connectivity index (χ1v) is 8.10. The molecule has 1 aromatic carbocycles. The number of rotatable bonds is 10. The van der Waals surface area contributed by atoms with Crippen molar-refractivity contribution >= 4 is 0 Å². The van der Waals surface area contributed by atoms with E-state index in [-0.39, 0.29) is 6.04 Å². The lowest BCUT2D eigenvalue weighted by Crippen LogP contribution is -2.35. The fourth-order valence-corrected chi connectivity index (χ4v) is 2.51. The third-order valence-corrected chi connectivity index (χ3v) is 4.16. The number of nitrogens with zero attached hydrogens (tertiary/aromatic N) is 1. The van der Waals surface area contributed by atoms with Gasteiger partial charge in [-0.25, -0.2) is 0 Å². The van der Waals surface area contributed by atoms with Gasteiger partial charge in [0.05, 0.1) is 6.10 Å². The van der Waals surface area contributed by atoms with Gasteiger partial charge in [-0.2, -0.15) is 0 Å². The zero-order valence-corrected chi connectivity index (χ0v) is 13.4. The second kappa shape index (κ2) is 9.95. The Morgan fingerprint density at radius 2 is 1.60 bits per heavy atom. The molecule has 1 aromatic rings. The van der Waals surface area contributed by atoms with Crippen LogP contribution in [0.15, 0.2) is 30.3 Å². The highest BCUT2D eigenvalue weighted by atomic mass is 16.3. The SMILES string of the molecule is CCCCCCCCN(C)C(C)C(O)c1ccccc1. The van der Waals surface area contributed by atoms with Crippen molar-refractivity contribution in [2.75, 3.05) is 13.6 Å². The van der Waals surface area contributed by atoms with Crippen LogP contribution < -0.4 is 0 Å². The Morgan fingerprint density at radius 3 is 2.25 bits per heavy atom. The third kappa shape index (κ3) is 6.06. The molecule has 0 aromatic heterocycles. The van der Waals surface area contributed by atoms with Gasteiger partial charge in [-0.1, -0.05) is 69.4 Å². The third-order valence-electron chi connectivity index (χ3n) is 4.16. The van der Waals surface area contributed by atoms with Gasteiger partial charge in [0, 0.05) is 6.04 Å². The summed E-state index contributed by atoms with van der Waals surface area (Å²) in [7, 11) is 2.11.